The van der Waals surface area contributed by atoms with E-state index in [0.29, 0.717) is 11.8 Å². The number of piperidine rings is 1. The number of hydrogen-bond donors (Lipinski definition) is 2. The fourth-order valence-corrected chi connectivity index (χ4v) is 3.04. The molecule has 1 aromatic carbocycles. The van der Waals surface area contributed by atoms with Crippen molar-refractivity contribution in [1.82, 2.24) is 5.32 Å². The zero-order valence-corrected chi connectivity index (χ0v) is 15.7. The summed E-state index contributed by atoms with van der Waals surface area (Å²) >= 11 is 0. The number of halogens is 1. The van der Waals surface area contributed by atoms with Gasteiger partial charge in [0.05, 0.1) is 0 Å². The van der Waals surface area contributed by atoms with Crippen LogP contribution in [0.2, 0.25) is 0 Å². The van der Waals surface area contributed by atoms with Gasteiger partial charge >= 0.3 is 0 Å². The highest BCUT2D eigenvalue weighted by molar-refractivity contribution is 5.85. The van der Waals surface area contributed by atoms with Crippen LogP contribution in [-0.4, -0.2) is 11.7 Å². The molecule has 2 nitrogen and oxygen atoms in total. The number of aromatic hydroxyl groups is 1. The molecule has 1 heterocycles. The Kier molecular flexibility index (Phi) is 5.97. The molecule has 0 aromatic heterocycles. The second-order valence-corrected chi connectivity index (χ2v) is 8.46. The molecule has 0 radical (unpaired) electrons. The molecule has 1 fully saturated rings. The highest BCUT2D eigenvalue weighted by Gasteiger charge is 2.28. The van der Waals surface area contributed by atoms with Crippen LogP contribution in [0.3, 0.4) is 0 Å². The van der Waals surface area contributed by atoms with Crippen molar-refractivity contribution in [3.63, 3.8) is 0 Å². The first-order valence-electron chi connectivity index (χ1n) is 8.22. The molecule has 0 aliphatic carbocycles. The molecule has 1 aliphatic heterocycles. The third-order valence-corrected chi connectivity index (χ3v) is 4.50. The van der Waals surface area contributed by atoms with E-state index in [9.17, 15) is 5.11 Å². The highest BCUT2D eigenvalue weighted by Crippen LogP contribution is 2.41. The second-order valence-electron chi connectivity index (χ2n) is 8.46. The monoisotopic (exact) mass is 325 g/mol. The van der Waals surface area contributed by atoms with Crippen LogP contribution in [0.25, 0.3) is 0 Å². The van der Waals surface area contributed by atoms with Gasteiger partial charge in [-0.2, -0.15) is 0 Å². The average Bonchev–Trinajstić information content (AvgIpc) is 2.37. The first kappa shape index (κ1) is 19.3. The Labute approximate surface area is 142 Å². The summed E-state index contributed by atoms with van der Waals surface area (Å²) in [5.41, 5.74) is 3.52. The maximum atomic E-state index is 10.8. The summed E-state index contributed by atoms with van der Waals surface area (Å²) in [6, 6.07) is 4.71. The van der Waals surface area contributed by atoms with Gasteiger partial charge in [-0.3, -0.25) is 0 Å². The number of rotatable bonds is 1. The Morgan fingerprint density at radius 1 is 1.00 bits per heavy atom. The summed E-state index contributed by atoms with van der Waals surface area (Å²) < 4.78 is 0. The third-order valence-electron chi connectivity index (χ3n) is 4.50. The zero-order chi connectivity index (χ0) is 15.8. The molecule has 1 saturated heterocycles. The fraction of sp³-hybridized carbons (Fsp3) is 0.684. The average molecular weight is 326 g/mol. The largest absolute Gasteiger partial charge is 0.507 e. The van der Waals surface area contributed by atoms with Crippen molar-refractivity contribution in [3.8, 4) is 5.75 Å². The number of phenolic OH excluding ortho intramolecular Hbond substituents is 1. The highest BCUT2D eigenvalue weighted by atomic mass is 35.5. The van der Waals surface area contributed by atoms with Gasteiger partial charge < -0.3 is 10.4 Å². The van der Waals surface area contributed by atoms with Crippen molar-refractivity contribution in [2.75, 3.05) is 6.54 Å². The van der Waals surface area contributed by atoms with Gasteiger partial charge in [0, 0.05) is 11.6 Å². The van der Waals surface area contributed by atoms with Crippen molar-refractivity contribution in [1.29, 1.82) is 0 Å². The van der Waals surface area contributed by atoms with Crippen LogP contribution >= 0.6 is 12.4 Å². The lowest BCUT2D eigenvalue weighted by molar-refractivity contribution is 0.382. The van der Waals surface area contributed by atoms with E-state index in [4.69, 9.17) is 0 Å². The number of phenols is 1. The van der Waals surface area contributed by atoms with Crippen LogP contribution in [0.4, 0.5) is 0 Å². The van der Waals surface area contributed by atoms with Gasteiger partial charge in [-0.25, -0.2) is 0 Å². The lowest BCUT2D eigenvalue weighted by Gasteiger charge is -2.31. The Bertz CT molecular complexity index is 505. The van der Waals surface area contributed by atoms with E-state index in [1.54, 1.807) is 0 Å². The van der Waals surface area contributed by atoms with E-state index in [0.717, 1.165) is 24.1 Å². The van der Waals surface area contributed by atoms with Crippen molar-refractivity contribution in [2.24, 2.45) is 0 Å². The third kappa shape index (κ3) is 4.17. The molecule has 2 rings (SSSR count). The minimum Gasteiger partial charge on any atom is -0.507 e. The molecule has 22 heavy (non-hydrogen) atoms. The summed E-state index contributed by atoms with van der Waals surface area (Å²) in [4.78, 5) is 0. The standard InChI is InChI=1S/C19H31NO.ClH/c1-18(2,3)13-11-14(16-9-7-8-10-20-16)17(21)15(12-13)19(4,5)6;/h11-12,16,20-21H,7-10H2,1-6H3;1H/t16-;/m1./s1. The molecule has 0 unspecified atom stereocenters. The van der Waals surface area contributed by atoms with E-state index in [-0.39, 0.29) is 23.2 Å². The summed E-state index contributed by atoms with van der Waals surface area (Å²) in [6.07, 6.45) is 3.59. The molecular formula is C19H32ClNO. The molecule has 1 aliphatic rings. The Balaban J connectivity index is 0.00000242. The lowest BCUT2D eigenvalue weighted by atomic mass is 9.77. The van der Waals surface area contributed by atoms with Crippen LogP contribution in [0.1, 0.15) is 83.5 Å². The Hall–Kier alpha value is -0.730. The van der Waals surface area contributed by atoms with Crippen molar-refractivity contribution in [3.05, 3.63) is 28.8 Å². The smallest absolute Gasteiger partial charge is 0.124 e. The molecule has 0 amide bonds. The van der Waals surface area contributed by atoms with E-state index in [1.165, 1.54) is 18.4 Å². The van der Waals surface area contributed by atoms with Gasteiger partial charge in [0.25, 0.3) is 0 Å². The second kappa shape index (κ2) is 6.80. The quantitative estimate of drug-likeness (QED) is 0.741. The molecule has 1 atom stereocenters. The van der Waals surface area contributed by atoms with Gasteiger partial charge in [0.1, 0.15) is 5.75 Å². The number of nitrogens with one attached hydrogen (secondary N) is 1. The van der Waals surface area contributed by atoms with E-state index in [1.807, 2.05) is 0 Å². The van der Waals surface area contributed by atoms with Gasteiger partial charge in [0.15, 0.2) is 0 Å². The minimum atomic E-state index is -0.0469. The van der Waals surface area contributed by atoms with E-state index < -0.39 is 0 Å². The lowest BCUT2D eigenvalue weighted by Crippen LogP contribution is -2.28. The van der Waals surface area contributed by atoms with Crippen LogP contribution in [0.5, 0.6) is 5.75 Å². The predicted octanol–water partition coefficient (Wildman–Crippen LogP) is 5.22. The molecular weight excluding hydrogens is 294 g/mol. The molecule has 1 aromatic rings. The molecule has 126 valence electrons. The van der Waals surface area contributed by atoms with E-state index in [2.05, 4.69) is 59.0 Å². The Morgan fingerprint density at radius 3 is 2.09 bits per heavy atom. The Morgan fingerprint density at radius 2 is 1.64 bits per heavy atom. The van der Waals surface area contributed by atoms with Crippen molar-refractivity contribution in [2.45, 2.75) is 77.7 Å². The van der Waals surface area contributed by atoms with Crippen LogP contribution in [0, 0.1) is 0 Å². The summed E-state index contributed by atoms with van der Waals surface area (Å²) in [5.74, 6) is 0.495. The van der Waals surface area contributed by atoms with E-state index >= 15 is 0 Å². The minimum absolute atomic E-state index is 0. The van der Waals surface area contributed by atoms with Gasteiger partial charge in [-0.05, 0) is 47.4 Å². The first-order valence-corrected chi connectivity index (χ1v) is 8.22. The molecule has 2 N–H and O–H groups in total. The predicted molar refractivity (Wildman–Crippen MR) is 97.3 cm³/mol. The maximum absolute atomic E-state index is 10.8. The maximum Gasteiger partial charge on any atom is 0.124 e. The fourth-order valence-electron chi connectivity index (χ4n) is 3.04. The van der Waals surface area contributed by atoms with Gasteiger partial charge in [-0.15, -0.1) is 12.4 Å². The molecule has 3 heteroatoms. The normalized spacial score (nSPS) is 19.6. The van der Waals surface area contributed by atoms with Crippen molar-refractivity contribution < 1.29 is 5.11 Å². The van der Waals surface area contributed by atoms with Crippen LogP contribution < -0.4 is 5.32 Å². The summed E-state index contributed by atoms with van der Waals surface area (Å²) in [6.45, 7) is 14.3. The van der Waals surface area contributed by atoms with Crippen molar-refractivity contribution >= 4 is 12.4 Å². The van der Waals surface area contributed by atoms with Gasteiger partial charge in [0.2, 0.25) is 0 Å². The molecule has 0 bridgehead atoms. The first-order chi connectivity index (χ1) is 9.60. The molecule has 0 spiro atoms. The SMILES string of the molecule is CC(C)(C)c1cc([C@H]2CCCCN2)c(O)c(C(C)(C)C)c1.Cl. The zero-order valence-electron chi connectivity index (χ0n) is 14.9. The number of benzene rings is 1. The number of hydrogen-bond acceptors (Lipinski definition) is 2. The summed E-state index contributed by atoms with van der Waals surface area (Å²) in [5, 5.41) is 14.4. The topological polar surface area (TPSA) is 32.3 Å². The summed E-state index contributed by atoms with van der Waals surface area (Å²) in [7, 11) is 0. The van der Waals surface area contributed by atoms with Gasteiger partial charge in [-0.1, -0.05) is 54.0 Å². The van der Waals surface area contributed by atoms with Crippen LogP contribution in [0.15, 0.2) is 12.1 Å². The molecule has 0 saturated carbocycles. The van der Waals surface area contributed by atoms with Crippen LogP contribution in [-0.2, 0) is 10.8 Å².